The zero-order chi connectivity index (χ0) is 5.41. The van der Waals surface area contributed by atoms with Crippen LogP contribution < -0.4 is 0 Å². The smallest absolute Gasteiger partial charge is 0.811 e. The third-order valence-electron chi connectivity index (χ3n) is 0. The van der Waals surface area contributed by atoms with E-state index in [4.69, 9.17) is 13.9 Å². The summed E-state index contributed by atoms with van der Waals surface area (Å²) in [5, 5.41) is 0. The summed E-state index contributed by atoms with van der Waals surface area (Å²) in [5.74, 6) is 0. The summed E-state index contributed by atoms with van der Waals surface area (Å²) in [7, 11) is 0. The van der Waals surface area contributed by atoms with Gasteiger partial charge in [-0.05, 0) is 6.92 Å². The van der Waals surface area contributed by atoms with E-state index in [0.29, 0.717) is 0 Å². The first kappa shape index (κ1) is 15.6. The molecular weight excluding hydrogens is 169 g/mol. The van der Waals surface area contributed by atoms with Gasteiger partial charge in [0.05, 0.1) is 0 Å². The molecule has 0 spiro atoms. The molecular formula is C2H4O3SZn. The van der Waals surface area contributed by atoms with Crippen LogP contribution in [-0.2, 0) is 24.3 Å². The minimum atomic E-state index is -0.750. The van der Waals surface area contributed by atoms with Gasteiger partial charge in [0.15, 0.2) is 0 Å². The Bertz CT molecular complexity index is 26.9. The quantitative estimate of drug-likeness (QED) is 0.298. The molecule has 0 aromatic carbocycles. The normalized spacial score (nSPS) is 4.43. The number of hydrogen-bond acceptors (Lipinski definition) is 4. The molecule has 0 N–H and O–H groups in total. The summed E-state index contributed by atoms with van der Waals surface area (Å²) in [5.41, 5.74) is 0. The summed E-state index contributed by atoms with van der Waals surface area (Å²) < 4.78 is 16.6. The molecule has 0 unspecified atom stereocenters. The molecule has 0 atom stereocenters. The van der Waals surface area contributed by atoms with Crippen LogP contribution in [0.3, 0.4) is 0 Å². The van der Waals surface area contributed by atoms with Crippen molar-refractivity contribution in [2.24, 2.45) is 0 Å². The van der Waals surface area contributed by atoms with Crippen molar-refractivity contribution < 1.29 is 33.4 Å². The van der Waals surface area contributed by atoms with Crippen molar-refractivity contribution in [1.82, 2.24) is 0 Å². The van der Waals surface area contributed by atoms with Crippen molar-refractivity contribution in [3.63, 3.8) is 0 Å². The first-order chi connectivity index (χ1) is 2.83. The molecule has 3 nitrogen and oxygen atoms in total. The Kier molecular flexibility index (Phi) is 69.1. The van der Waals surface area contributed by atoms with Gasteiger partial charge in [0.1, 0.15) is 6.29 Å². The van der Waals surface area contributed by atoms with Crippen LogP contribution in [0.5, 0.6) is 0 Å². The van der Waals surface area contributed by atoms with Gasteiger partial charge in [-0.2, -0.15) is 0 Å². The first-order valence-corrected chi connectivity index (χ1v) is 1.81. The molecule has 7 heavy (non-hydrogen) atoms. The van der Waals surface area contributed by atoms with Crippen molar-refractivity contribution in [3.05, 3.63) is 0 Å². The van der Waals surface area contributed by atoms with E-state index in [1.807, 2.05) is 0 Å². The average molecular weight is 174 g/mol. The minimum absolute atomic E-state index is 0. The fourth-order valence-electron chi connectivity index (χ4n) is 0. The first-order valence-electron chi connectivity index (χ1n) is 1.15. The molecule has 0 aliphatic carbocycles. The molecule has 0 saturated heterocycles. The van der Waals surface area contributed by atoms with Crippen molar-refractivity contribution in [1.29, 1.82) is 0 Å². The second-order valence-electron chi connectivity index (χ2n) is 0.304. The van der Waals surface area contributed by atoms with Crippen molar-refractivity contribution in [3.8, 4) is 0 Å². The Balaban J connectivity index is -0.0000000400. The molecule has 5 heteroatoms. The van der Waals surface area contributed by atoms with Gasteiger partial charge in [-0.15, -0.1) is 0 Å². The molecule has 0 saturated carbocycles. The van der Waals surface area contributed by atoms with Crippen molar-refractivity contribution in [2.75, 3.05) is 0 Å². The number of carbonyl (C=O) groups is 1. The van der Waals surface area contributed by atoms with Crippen LogP contribution in [-0.4, -0.2) is 15.4 Å². The van der Waals surface area contributed by atoms with Gasteiger partial charge in [-0.1, -0.05) is 0 Å². The minimum Gasteiger partial charge on any atom is -0.811 e. The summed E-state index contributed by atoms with van der Waals surface area (Å²) in [6.45, 7) is 1.44. The molecule has 0 aromatic heterocycles. The molecule has 0 aliphatic heterocycles. The summed E-state index contributed by atoms with van der Waals surface area (Å²) >= 11 is -0.750. The summed E-state index contributed by atoms with van der Waals surface area (Å²) in [6, 6.07) is 0. The molecule has 0 heterocycles. The average Bonchev–Trinajstić information content (AvgIpc) is 1.39. The van der Waals surface area contributed by atoms with Crippen LogP contribution in [0.15, 0.2) is 0 Å². The molecule has 0 fully saturated rings. The largest absolute Gasteiger partial charge is 2.00 e. The predicted octanol–water partition coefficient (Wildman–Crippen LogP) is 0.183. The predicted molar refractivity (Wildman–Crippen MR) is 20.9 cm³/mol. The molecule has 0 radical (unpaired) electrons. The van der Waals surface area contributed by atoms with Gasteiger partial charge in [-0.25, -0.2) is 0 Å². The van der Waals surface area contributed by atoms with E-state index >= 15 is 0 Å². The van der Waals surface area contributed by atoms with E-state index in [1.165, 1.54) is 6.92 Å². The zero-order valence-electron chi connectivity index (χ0n) is 3.92. The fourth-order valence-corrected chi connectivity index (χ4v) is 0. The molecule has 38 valence electrons. The fraction of sp³-hybridized carbons (Fsp3) is 0.500. The number of rotatable bonds is 0. The maximum Gasteiger partial charge on any atom is 2.00 e. The van der Waals surface area contributed by atoms with Crippen LogP contribution in [0, 0.1) is 0 Å². The Morgan fingerprint density at radius 1 is 1.57 bits per heavy atom. The van der Waals surface area contributed by atoms with E-state index < -0.39 is 12.3 Å². The Hall–Kier alpha value is 0.563. The van der Waals surface area contributed by atoms with Crippen LogP contribution in [0.4, 0.5) is 0 Å². The maximum atomic E-state index is 8.81. The van der Waals surface area contributed by atoms with E-state index in [0.717, 1.165) is 6.29 Å². The van der Waals surface area contributed by atoms with E-state index in [-0.39, 0.29) is 19.5 Å². The van der Waals surface area contributed by atoms with Crippen LogP contribution >= 0.6 is 12.3 Å². The molecule has 0 aromatic rings. The van der Waals surface area contributed by atoms with E-state index in [1.54, 1.807) is 0 Å². The standard InChI is InChI=1S/C2H4O.H2O2S.Zn/c1-2-3;1-3-2;/h2H,1H3;1-2H;/q;;+2/p-2. The zero-order valence-corrected chi connectivity index (χ0v) is 7.70. The van der Waals surface area contributed by atoms with Gasteiger partial charge >= 0.3 is 19.5 Å². The second-order valence-corrected chi connectivity index (χ2v) is 0.440. The molecule has 0 amide bonds. The number of hydrogen-bond donors (Lipinski definition) is 0. The molecule has 0 aliphatic rings. The van der Waals surface area contributed by atoms with Crippen LogP contribution in [0.2, 0.25) is 0 Å². The molecule has 0 rings (SSSR count). The second kappa shape index (κ2) is 30.9. The summed E-state index contributed by atoms with van der Waals surface area (Å²) in [4.78, 5) is 8.81. The van der Waals surface area contributed by atoms with E-state index in [2.05, 4.69) is 0 Å². The Morgan fingerprint density at radius 2 is 1.57 bits per heavy atom. The van der Waals surface area contributed by atoms with Crippen molar-refractivity contribution >= 4 is 18.6 Å². The third-order valence-corrected chi connectivity index (χ3v) is 0. The van der Waals surface area contributed by atoms with Gasteiger partial charge in [0.25, 0.3) is 0 Å². The van der Waals surface area contributed by atoms with E-state index in [9.17, 15) is 0 Å². The Morgan fingerprint density at radius 3 is 1.57 bits per heavy atom. The Labute approximate surface area is 59.3 Å². The van der Waals surface area contributed by atoms with Gasteiger partial charge in [0, 0.05) is 0 Å². The topological polar surface area (TPSA) is 63.2 Å². The third kappa shape index (κ3) is 431. The maximum absolute atomic E-state index is 8.81. The SMILES string of the molecule is CC=O.[O-]S[O-].[Zn+2]. The van der Waals surface area contributed by atoms with Gasteiger partial charge in [0.2, 0.25) is 0 Å². The van der Waals surface area contributed by atoms with Crippen LogP contribution in [0.1, 0.15) is 6.92 Å². The van der Waals surface area contributed by atoms with Crippen LogP contribution in [0.25, 0.3) is 0 Å². The van der Waals surface area contributed by atoms with Crippen molar-refractivity contribution in [2.45, 2.75) is 6.92 Å². The number of carbonyl (C=O) groups excluding carboxylic acids is 1. The molecule has 0 bridgehead atoms. The number of aldehydes is 1. The summed E-state index contributed by atoms with van der Waals surface area (Å²) in [6.07, 6.45) is 0.750. The van der Waals surface area contributed by atoms with Gasteiger partial charge < -0.3 is 26.2 Å². The van der Waals surface area contributed by atoms with Gasteiger partial charge in [-0.3, -0.25) is 0 Å². The monoisotopic (exact) mass is 172 g/mol.